The van der Waals surface area contributed by atoms with Crippen LogP contribution < -0.4 is 4.74 Å². The van der Waals surface area contributed by atoms with Gasteiger partial charge in [0.1, 0.15) is 23.5 Å². The monoisotopic (exact) mass is 475 g/mol. The van der Waals surface area contributed by atoms with Crippen LogP contribution in [0.25, 0.3) is 22.4 Å². The second kappa shape index (κ2) is 8.12. The highest BCUT2D eigenvalue weighted by Crippen LogP contribution is 2.45. The lowest BCUT2D eigenvalue weighted by Crippen LogP contribution is -2.22. The second-order valence-electron chi connectivity index (χ2n) is 8.61. The Morgan fingerprint density at radius 3 is 2.72 bits per heavy atom. The van der Waals surface area contributed by atoms with E-state index in [9.17, 15) is 0 Å². The number of methoxy groups -OCH3 is 1. The highest BCUT2D eigenvalue weighted by molar-refractivity contribution is 9.10. The summed E-state index contributed by atoms with van der Waals surface area (Å²) in [7, 11) is 0.552. The van der Waals surface area contributed by atoms with Gasteiger partial charge in [-0.25, -0.2) is 14.6 Å². The highest BCUT2D eigenvalue weighted by atomic mass is 79.9. The van der Waals surface area contributed by atoms with Gasteiger partial charge in [-0.15, -0.1) is 0 Å². The normalized spacial score (nSPS) is 14.5. The van der Waals surface area contributed by atoms with Crippen LogP contribution in [0.2, 0.25) is 25.7 Å². The highest BCUT2D eigenvalue weighted by Gasteiger charge is 2.31. The Bertz CT molecular complexity index is 1030. The van der Waals surface area contributed by atoms with Crippen molar-refractivity contribution < 1.29 is 9.47 Å². The molecule has 154 valence electrons. The molecule has 0 saturated heterocycles. The summed E-state index contributed by atoms with van der Waals surface area (Å²) >= 11 is 3.54. The Morgan fingerprint density at radius 2 is 2.03 bits per heavy atom. The zero-order chi connectivity index (χ0) is 20.6. The first-order valence-corrected chi connectivity index (χ1v) is 14.4. The van der Waals surface area contributed by atoms with E-state index in [0.717, 1.165) is 53.5 Å². The van der Waals surface area contributed by atoms with Gasteiger partial charge in [-0.3, -0.25) is 4.98 Å². The van der Waals surface area contributed by atoms with E-state index in [1.165, 1.54) is 0 Å². The maximum Gasteiger partial charge on any atom is 0.165 e. The number of ether oxygens (including phenoxy) is 2. The molecule has 0 N–H and O–H groups in total. The molecule has 3 heterocycles. The van der Waals surface area contributed by atoms with E-state index in [1.54, 1.807) is 24.2 Å². The summed E-state index contributed by atoms with van der Waals surface area (Å²) in [5, 5.41) is 4.54. The molecule has 0 unspecified atom stereocenters. The third-order valence-electron chi connectivity index (χ3n) is 5.01. The number of hydrogen-bond donors (Lipinski definition) is 0. The fraction of sp³-hybridized carbons (Fsp3) is 0.500. The summed E-state index contributed by atoms with van der Waals surface area (Å²) < 4.78 is 13.9. The van der Waals surface area contributed by atoms with Crippen molar-refractivity contribution in [1.29, 1.82) is 0 Å². The zero-order valence-corrected chi connectivity index (χ0v) is 19.9. The molecule has 3 aromatic heterocycles. The van der Waals surface area contributed by atoms with Crippen LogP contribution >= 0.6 is 15.9 Å². The topological polar surface area (TPSA) is 75.0 Å². The van der Waals surface area contributed by atoms with Crippen molar-refractivity contribution in [2.45, 2.75) is 51.2 Å². The van der Waals surface area contributed by atoms with Gasteiger partial charge in [-0.2, -0.15) is 5.10 Å². The van der Waals surface area contributed by atoms with E-state index in [2.05, 4.69) is 50.6 Å². The van der Waals surface area contributed by atoms with E-state index < -0.39 is 8.07 Å². The number of fused-ring (bicyclic) bond motifs is 1. The molecule has 29 heavy (non-hydrogen) atoms. The molecule has 0 radical (unpaired) electrons. The second-order valence-corrected chi connectivity index (χ2v) is 15.0. The molecule has 0 bridgehead atoms. The van der Waals surface area contributed by atoms with Gasteiger partial charge in [0.25, 0.3) is 0 Å². The van der Waals surface area contributed by atoms with Crippen LogP contribution in [-0.4, -0.2) is 46.5 Å². The Hall–Kier alpha value is -1.84. The van der Waals surface area contributed by atoms with Gasteiger partial charge in [-0.1, -0.05) is 19.6 Å². The smallest absolute Gasteiger partial charge is 0.165 e. The minimum absolute atomic E-state index is 0.388. The van der Waals surface area contributed by atoms with Crippen molar-refractivity contribution in [3.8, 4) is 17.1 Å². The van der Waals surface area contributed by atoms with Crippen molar-refractivity contribution in [3.05, 3.63) is 28.8 Å². The molecule has 1 saturated carbocycles. The third kappa shape index (κ3) is 4.51. The number of rotatable bonds is 8. The van der Waals surface area contributed by atoms with Crippen molar-refractivity contribution in [1.82, 2.24) is 24.7 Å². The molecule has 0 aromatic carbocycles. The van der Waals surface area contributed by atoms with E-state index in [-0.39, 0.29) is 0 Å². The molecule has 7 nitrogen and oxygen atoms in total. The molecule has 1 aliphatic rings. The lowest BCUT2D eigenvalue weighted by atomic mass is 10.1. The maximum atomic E-state index is 5.86. The van der Waals surface area contributed by atoms with Crippen LogP contribution in [-0.2, 0) is 11.5 Å². The Morgan fingerprint density at radius 1 is 1.24 bits per heavy atom. The quantitative estimate of drug-likeness (QED) is 0.342. The summed E-state index contributed by atoms with van der Waals surface area (Å²) in [5.74, 6) is 1.83. The molecule has 4 rings (SSSR count). The number of nitrogens with zero attached hydrogens (tertiary/aromatic N) is 5. The first kappa shape index (κ1) is 20.4. The largest absolute Gasteiger partial charge is 0.496 e. The fourth-order valence-electron chi connectivity index (χ4n) is 3.19. The summed E-state index contributed by atoms with van der Waals surface area (Å²) in [6.45, 7) is 8.15. The van der Waals surface area contributed by atoms with Crippen molar-refractivity contribution >= 4 is 35.0 Å². The standard InChI is InChI=1S/C20H26BrN5O2Si/c1-27-15-7-8-22-17(13-5-6-13)16(15)20-23-11-14-18(24-20)19(21)25-26(14)12-28-9-10-29(2,3)4/h7-8,11,13H,5-6,9-10,12H2,1-4H3. The van der Waals surface area contributed by atoms with E-state index in [0.29, 0.717) is 23.1 Å². The van der Waals surface area contributed by atoms with Crippen LogP contribution in [0.1, 0.15) is 24.5 Å². The van der Waals surface area contributed by atoms with Crippen LogP contribution in [0.4, 0.5) is 0 Å². The lowest BCUT2D eigenvalue weighted by Gasteiger charge is -2.15. The minimum atomic E-state index is -1.11. The predicted molar refractivity (Wildman–Crippen MR) is 119 cm³/mol. The van der Waals surface area contributed by atoms with Gasteiger partial charge in [0, 0.05) is 26.8 Å². The predicted octanol–water partition coefficient (Wildman–Crippen LogP) is 4.85. The molecular formula is C20H26BrN5O2Si. The molecule has 0 amide bonds. The molecular weight excluding hydrogens is 450 g/mol. The molecule has 3 aromatic rings. The van der Waals surface area contributed by atoms with Gasteiger partial charge in [0.15, 0.2) is 10.4 Å². The summed E-state index contributed by atoms with van der Waals surface area (Å²) in [6.07, 6.45) is 5.89. The molecule has 1 aliphatic carbocycles. The summed E-state index contributed by atoms with van der Waals surface area (Å²) in [6, 6.07) is 2.98. The Labute approximate surface area is 180 Å². The number of halogens is 1. The van der Waals surface area contributed by atoms with E-state index >= 15 is 0 Å². The van der Waals surface area contributed by atoms with Gasteiger partial charge >= 0.3 is 0 Å². The average molecular weight is 476 g/mol. The van der Waals surface area contributed by atoms with Crippen LogP contribution in [0.5, 0.6) is 5.75 Å². The number of aromatic nitrogens is 5. The molecule has 0 atom stereocenters. The number of pyridine rings is 1. The van der Waals surface area contributed by atoms with Gasteiger partial charge < -0.3 is 9.47 Å². The van der Waals surface area contributed by atoms with E-state index in [1.807, 2.05) is 6.07 Å². The first-order chi connectivity index (χ1) is 13.9. The van der Waals surface area contributed by atoms with E-state index in [4.69, 9.17) is 14.5 Å². The van der Waals surface area contributed by atoms with Crippen LogP contribution in [0.3, 0.4) is 0 Å². The van der Waals surface area contributed by atoms with Crippen LogP contribution in [0.15, 0.2) is 23.1 Å². The summed E-state index contributed by atoms with van der Waals surface area (Å²) in [4.78, 5) is 14.0. The van der Waals surface area contributed by atoms with Gasteiger partial charge in [0.05, 0.1) is 24.6 Å². The third-order valence-corrected chi connectivity index (χ3v) is 7.25. The lowest BCUT2D eigenvalue weighted by molar-refractivity contribution is 0.0814. The fourth-order valence-corrected chi connectivity index (χ4v) is 4.43. The zero-order valence-electron chi connectivity index (χ0n) is 17.3. The minimum Gasteiger partial charge on any atom is -0.496 e. The molecule has 0 aliphatic heterocycles. The van der Waals surface area contributed by atoms with Gasteiger partial charge in [-0.05, 0) is 40.9 Å². The van der Waals surface area contributed by atoms with Crippen molar-refractivity contribution in [3.63, 3.8) is 0 Å². The van der Waals surface area contributed by atoms with Gasteiger partial charge in [0.2, 0.25) is 0 Å². The van der Waals surface area contributed by atoms with Crippen molar-refractivity contribution in [2.75, 3.05) is 13.7 Å². The summed E-state index contributed by atoms with van der Waals surface area (Å²) in [5.41, 5.74) is 3.49. The SMILES string of the molecule is COc1ccnc(C2CC2)c1-c1ncc2c(n1)c(Br)nn2COCC[Si](C)(C)C. The van der Waals surface area contributed by atoms with Crippen molar-refractivity contribution in [2.24, 2.45) is 0 Å². The maximum absolute atomic E-state index is 5.86. The first-order valence-electron chi connectivity index (χ1n) is 9.87. The number of hydrogen-bond acceptors (Lipinski definition) is 6. The Kier molecular flexibility index (Phi) is 5.72. The Balaban J connectivity index is 1.64. The molecule has 9 heteroatoms. The molecule has 0 spiro atoms. The average Bonchev–Trinajstić information content (AvgIpc) is 3.49. The molecule has 1 fully saturated rings. The van der Waals surface area contributed by atoms with Crippen LogP contribution in [0, 0.1) is 0 Å².